The summed E-state index contributed by atoms with van der Waals surface area (Å²) >= 11 is 0. The van der Waals surface area contributed by atoms with Crippen molar-refractivity contribution in [2.45, 2.75) is 59.8 Å². The average Bonchev–Trinajstić information content (AvgIpc) is 2.35. The van der Waals surface area contributed by atoms with Gasteiger partial charge in [-0.2, -0.15) is 0 Å². The third kappa shape index (κ3) is 4.08. The van der Waals surface area contributed by atoms with E-state index in [1.165, 1.54) is 38.6 Å². The third-order valence-electron chi connectivity index (χ3n) is 4.83. The first-order valence-electron chi connectivity index (χ1n) is 7.39. The van der Waals surface area contributed by atoms with Crippen LogP contribution in [0.15, 0.2) is 0 Å². The van der Waals surface area contributed by atoms with E-state index in [2.05, 4.69) is 33.0 Å². The van der Waals surface area contributed by atoms with E-state index in [1.54, 1.807) is 0 Å². The summed E-state index contributed by atoms with van der Waals surface area (Å²) in [4.78, 5) is 0. The minimum absolute atomic E-state index is 0.836. The molecule has 1 fully saturated rings. The lowest BCUT2D eigenvalue weighted by Gasteiger charge is -2.34. The molecule has 0 heterocycles. The molecule has 1 aliphatic carbocycles. The lowest BCUT2D eigenvalue weighted by molar-refractivity contribution is 0.169. The second-order valence-electron chi connectivity index (χ2n) is 5.83. The maximum Gasteiger partial charge on any atom is -0.00206 e. The molecule has 0 spiro atoms. The Morgan fingerprint density at radius 1 is 1.06 bits per heavy atom. The fourth-order valence-electron chi connectivity index (χ4n) is 3.14. The Morgan fingerprint density at radius 2 is 1.69 bits per heavy atom. The average molecular weight is 225 g/mol. The first-order valence-corrected chi connectivity index (χ1v) is 7.39. The van der Waals surface area contributed by atoms with Crippen LogP contribution in [0.1, 0.15) is 59.8 Å². The summed E-state index contributed by atoms with van der Waals surface area (Å²) in [5.41, 5.74) is 0. The standard InChI is InChI=1S/C15H31N/c1-5-14-7-9-15(10-8-14)13(4)12(3)11-16-6-2/h12-16H,5-11H2,1-4H3. The van der Waals surface area contributed by atoms with E-state index in [9.17, 15) is 0 Å². The van der Waals surface area contributed by atoms with E-state index in [4.69, 9.17) is 0 Å². The van der Waals surface area contributed by atoms with Crippen molar-refractivity contribution in [3.8, 4) is 0 Å². The molecule has 0 saturated heterocycles. The van der Waals surface area contributed by atoms with Crippen LogP contribution in [0, 0.1) is 23.7 Å². The molecule has 96 valence electrons. The molecule has 0 radical (unpaired) electrons. The fourth-order valence-corrected chi connectivity index (χ4v) is 3.14. The summed E-state index contributed by atoms with van der Waals surface area (Å²) in [6.07, 6.45) is 7.33. The van der Waals surface area contributed by atoms with Crippen molar-refractivity contribution in [1.82, 2.24) is 5.32 Å². The summed E-state index contributed by atoms with van der Waals surface area (Å²) in [5, 5.41) is 3.49. The maximum absolute atomic E-state index is 3.49. The number of nitrogens with one attached hydrogen (secondary N) is 1. The highest BCUT2D eigenvalue weighted by Gasteiger charge is 2.27. The van der Waals surface area contributed by atoms with E-state index in [0.717, 1.165) is 30.2 Å². The molecule has 1 N–H and O–H groups in total. The molecular formula is C15H31N. The van der Waals surface area contributed by atoms with Crippen LogP contribution in [0.5, 0.6) is 0 Å². The Kier molecular flexibility index (Phi) is 6.41. The van der Waals surface area contributed by atoms with Crippen LogP contribution in [-0.4, -0.2) is 13.1 Å². The highest BCUT2D eigenvalue weighted by molar-refractivity contribution is 4.78. The van der Waals surface area contributed by atoms with Gasteiger partial charge in [-0.15, -0.1) is 0 Å². The van der Waals surface area contributed by atoms with Gasteiger partial charge in [0.1, 0.15) is 0 Å². The van der Waals surface area contributed by atoms with Crippen molar-refractivity contribution >= 4 is 0 Å². The highest BCUT2D eigenvalue weighted by atomic mass is 14.8. The predicted molar refractivity (Wildman–Crippen MR) is 72.6 cm³/mol. The molecule has 1 saturated carbocycles. The summed E-state index contributed by atoms with van der Waals surface area (Å²) in [5.74, 6) is 3.77. The van der Waals surface area contributed by atoms with E-state index >= 15 is 0 Å². The minimum atomic E-state index is 0.836. The maximum atomic E-state index is 3.49. The summed E-state index contributed by atoms with van der Waals surface area (Å²) in [6.45, 7) is 11.7. The second kappa shape index (κ2) is 7.32. The van der Waals surface area contributed by atoms with Crippen molar-refractivity contribution in [2.24, 2.45) is 23.7 Å². The van der Waals surface area contributed by atoms with E-state index in [1.807, 2.05) is 0 Å². The summed E-state index contributed by atoms with van der Waals surface area (Å²) < 4.78 is 0. The van der Waals surface area contributed by atoms with Crippen molar-refractivity contribution in [3.05, 3.63) is 0 Å². The molecule has 0 bridgehead atoms. The normalized spacial score (nSPS) is 30.0. The quantitative estimate of drug-likeness (QED) is 0.718. The summed E-state index contributed by atoms with van der Waals surface area (Å²) in [7, 11) is 0. The van der Waals surface area contributed by atoms with Gasteiger partial charge in [0.2, 0.25) is 0 Å². The molecule has 2 unspecified atom stereocenters. The van der Waals surface area contributed by atoms with Gasteiger partial charge in [0.25, 0.3) is 0 Å². The smallest absolute Gasteiger partial charge is 0.00206 e. The number of hydrogen-bond acceptors (Lipinski definition) is 1. The Balaban J connectivity index is 2.29. The van der Waals surface area contributed by atoms with Gasteiger partial charge in [-0.3, -0.25) is 0 Å². The molecule has 0 aromatic heterocycles. The van der Waals surface area contributed by atoms with Crippen molar-refractivity contribution in [2.75, 3.05) is 13.1 Å². The molecule has 1 heteroatoms. The van der Waals surface area contributed by atoms with Gasteiger partial charge in [0, 0.05) is 0 Å². The molecule has 2 atom stereocenters. The van der Waals surface area contributed by atoms with Gasteiger partial charge in [-0.05, 0) is 49.6 Å². The van der Waals surface area contributed by atoms with Gasteiger partial charge < -0.3 is 5.32 Å². The van der Waals surface area contributed by atoms with Crippen LogP contribution in [0.3, 0.4) is 0 Å². The van der Waals surface area contributed by atoms with Gasteiger partial charge in [0.15, 0.2) is 0 Å². The fraction of sp³-hybridized carbons (Fsp3) is 1.00. The van der Waals surface area contributed by atoms with Gasteiger partial charge in [-0.1, -0.05) is 47.0 Å². The van der Waals surface area contributed by atoms with Crippen molar-refractivity contribution in [3.63, 3.8) is 0 Å². The zero-order valence-electron chi connectivity index (χ0n) is 11.8. The van der Waals surface area contributed by atoms with Crippen molar-refractivity contribution in [1.29, 1.82) is 0 Å². The first-order chi connectivity index (χ1) is 7.69. The van der Waals surface area contributed by atoms with Crippen LogP contribution >= 0.6 is 0 Å². The molecule has 0 aromatic rings. The SMILES string of the molecule is CCNCC(C)C(C)C1CCC(CC)CC1. The molecule has 1 aliphatic rings. The lowest BCUT2D eigenvalue weighted by atomic mass is 9.72. The van der Waals surface area contributed by atoms with Gasteiger partial charge in [0.05, 0.1) is 0 Å². The lowest BCUT2D eigenvalue weighted by Crippen LogP contribution is -2.30. The highest BCUT2D eigenvalue weighted by Crippen LogP contribution is 2.37. The van der Waals surface area contributed by atoms with Gasteiger partial charge in [-0.25, -0.2) is 0 Å². The molecule has 1 rings (SSSR count). The van der Waals surface area contributed by atoms with E-state index < -0.39 is 0 Å². The van der Waals surface area contributed by atoms with Crippen molar-refractivity contribution < 1.29 is 0 Å². The van der Waals surface area contributed by atoms with Gasteiger partial charge >= 0.3 is 0 Å². The second-order valence-corrected chi connectivity index (χ2v) is 5.83. The predicted octanol–water partition coefficient (Wildman–Crippen LogP) is 4.08. The topological polar surface area (TPSA) is 12.0 Å². The summed E-state index contributed by atoms with van der Waals surface area (Å²) in [6, 6.07) is 0. The minimum Gasteiger partial charge on any atom is -0.317 e. The monoisotopic (exact) mass is 225 g/mol. The van der Waals surface area contributed by atoms with Crippen LogP contribution in [0.4, 0.5) is 0 Å². The Morgan fingerprint density at radius 3 is 2.19 bits per heavy atom. The first kappa shape index (κ1) is 14.0. The molecule has 0 amide bonds. The zero-order chi connectivity index (χ0) is 12.0. The Labute approximate surface area is 102 Å². The van der Waals surface area contributed by atoms with E-state index in [-0.39, 0.29) is 0 Å². The molecule has 16 heavy (non-hydrogen) atoms. The molecular weight excluding hydrogens is 194 g/mol. The van der Waals surface area contributed by atoms with Crippen LogP contribution in [0.2, 0.25) is 0 Å². The van der Waals surface area contributed by atoms with E-state index in [0.29, 0.717) is 0 Å². The molecule has 0 aromatic carbocycles. The number of rotatable bonds is 6. The largest absolute Gasteiger partial charge is 0.317 e. The molecule has 0 aliphatic heterocycles. The van der Waals surface area contributed by atoms with Crippen LogP contribution < -0.4 is 5.32 Å². The number of hydrogen-bond donors (Lipinski definition) is 1. The third-order valence-corrected chi connectivity index (χ3v) is 4.83. The molecule has 1 nitrogen and oxygen atoms in total. The van der Waals surface area contributed by atoms with Crippen LogP contribution in [0.25, 0.3) is 0 Å². The Bertz CT molecular complexity index is 170. The zero-order valence-corrected chi connectivity index (χ0v) is 11.8. The Hall–Kier alpha value is -0.0400. The van der Waals surface area contributed by atoms with Crippen LogP contribution in [-0.2, 0) is 0 Å².